The van der Waals surface area contributed by atoms with Crippen LogP contribution in [0.4, 0.5) is 5.69 Å². The zero-order chi connectivity index (χ0) is 13.9. The van der Waals surface area contributed by atoms with Gasteiger partial charge in [-0.1, -0.05) is 24.3 Å². The predicted molar refractivity (Wildman–Crippen MR) is 82.7 cm³/mol. The van der Waals surface area contributed by atoms with Gasteiger partial charge in [-0.3, -0.25) is 0 Å². The number of hydrogen-bond acceptors (Lipinski definition) is 3. The van der Waals surface area contributed by atoms with E-state index >= 15 is 0 Å². The Kier molecular flexibility index (Phi) is 3.61. The van der Waals surface area contributed by atoms with Crippen LogP contribution in [0.5, 0.6) is 11.5 Å². The van der Waals surface area contributed by atoms with Crippen molar-refractivity contribution in [2.24, 2.45) is 0 Å². The molecular weight excluding hydrogens is 248 g/mol. The van der Waals surface area contributed by atoms with Crippen LogP contribution >= 0.6 is 0 Å². The summed E-state index contributed by atoms with van der Waals surface area (Å²) in [6, 6.07) is 14.4. The molecule has 20 heavy (non-hydrogen) atoms. The average molecular weight is 268 g/mol. The molecule has 0 amide bonds. The van der Waals surface area contributed by atoms with Crippen LogP contribution in [0.25, 0.3) is 0 Å². The number of rotatable bonds is 3. The number of nitrogens with one attached hydrogen (secondary N) is 1. The SMILES string of the molecule is CN(C)c1ccc2c(c1Oc1ccccc1)CCNC2. The van der Waals surface area contributed by atoms with Gasteiger partial charge in [0.15, 0.2) is 5.75 Å². The normalized spacial score (nSPS) is 13.7. The number of ether oxygens (including phenoxy) is 1. The summed E-state index contributed by atoms with van der Waals surface area (Å²) >= 11 is 0. The van der Waals surface area contributed by atoms with E-state index in [0.717, 1.165) is 36.7 Å². The summed E-state index contributed by atoms with van der Waals surface area (Å²) < 4.78 is 6.20. The topological polar surface area (TPSA) is 24.5 Å². The fraction of sp³-hybridized carbons (Fsp3) is 0.294. The van der Waals surface area contributed by atoms with Gasteiger partial charge in [-0.25, -0.2) is 0 Å². The fourth-order valence-corrected chi connectivity index (χ4v) is 2.60. The molecule has 0 saturated carbocycles. The van der Waals surface area contributed by atoms with Crippen molar-refractivity contribution in [2.45, 2.75) is 13.0 Å². The standard InChI is InChI=1S/C17H20N2O/c1-19(2)16-9-8-13-12-18-11-10-15(13)17(16)20-14-6-4-3-5-7-14/h3-9,18H,10-12H2,1-2H3. The average Bonchev–Trinajstić information content (AvgIpc) is 2.48. The van der Waals surface area contributed by atoms with E-state index in [4.69, 9.17) is 4.74 Å². The van der Waals surface area contributed by atoms with Crippen LogP contribution in [-0.2, 0) is 13.0 Å². The number of hydrogen-bond donors (Lipinski definition) is 1. The van der Waals surface area contributed by atoms with E-state index in [9.17, 15) is 0 Å². The summed E-state index contributed by atoms with van der Waals surface area (Å²) in [4.78, 5) is 2.11. The second kappa shape index (κ2) is 5.55. The minimum atomic E-state index is 0.891. The molecule has 0 aromatic heterocycles. The third-order valence-electron chi connectivity index (χ3n) is 3.65. The van der Waals surface area contributed by atoms with Crippen LogP contribution in [0.2, 0.25) is 0 Å². The lowest BCUT2D eigenvalue weighted by Crippen LogP contribution is -2.24. The molecule has 3 rings (SSSR count). The molecular formula is C17H20N2O. The molecule has 0 radical (unpaired) electrons. The third kappa shape index (κ3) is 2.49. The van der Waals surface area contributed by atoms with Crippen molar-refractivity contribution in [3.8, 4) is 11.5 Å². The maximum atomic E-state index is 6.20. The number of nitrogens with zero attached hydrogens (tertiary/aromatic N) is 1. The van der Waals surface area contributed by atoms with Gasteiger partial charge in [-0.2, -0.15) is 0 Å². The fourth-order valence-electron chi connectivity index (χ4n) is 2.60. The van der Waals surface area contributed by atoms with Gasteiger partial charge in [0.2, 0.25) is 0 Å². The van der Waals surface area contributed by atoms with Crippen LogP contribution in [0.3, 0.4) is 0 Å². The Hall–Kier alpha value is -2.00. The molecule has 1 heterocycles. The van der Waals surface area contributed by atoms with Crippen LogP contribution in [0.15, 0.2) is 42.5 Å². The molecule has 1 aliphatic rings. The van der Waals surface area contributed by atoms with E-state index in [1.807, 2.05) is 30.3 Å². The maximum Gasteiger partial charge on any atom is 0.154 e. The first-order valence-corrected chi connectivity index (χ1v) is 7.01. The number of para-hydroxylation sites is 1. The molecule has 3 heteroatoms. The molecule has 0 saturated heterocycles. The summed E-state index contributed by atoms with van der Waals surface area (Å²) in [5.74, 6) is 1.89. The lowest BCUT2D eigenvalue weighted by molar-refractivity contribution is 0.470. The molecule has 0 bridgehead atoms. The first-order chi connectivity index (χ1) is 9.75. The van der Waals surface area contributed by atoms with E-state index in [1.165, 1.54) is 11.1 Å². The molecule has 2 aromatic carbocycles. The van der Waals surface area contributed by atoms with Crippen molar-refractivity contribution < 1.29 is 4.74 Å². The Labute approximate surface area is 120 Å². The highest BCUT2D eigenvalue weighted by atomic mass is 16.5. The van der Waals surface area contributed by atoms with Gasteiger partial charge in [0.05, 0.1) is 5.69 Å². The lowest BCUT2D eigenvalue weighted by atomic mass is 9.98. The van der Waals surface area contributed by atoms with Gasteiger partial charge in [0.25, 0.3) is 0 Å². The molecule has 0 fully saturated rings. The van der Waals surface area contributed by atoms with Gasteiger partial charge < -0.3 is 15.0 Å². The van der Waals surface area contributed by atoms with Gasteiger partial charge in [-0.15, -0.1) is 0 Å². The zero-order valence-electron chi connectivity index (χ0n) is 12.0. The summed E-state index contributed by atoms with van der Waals surface area (Å²) in [6.45, 7) is 1.93. The molecule has 0 spiro atoms. The Morgan fingerprint density at radius 3 is 2.60 bits per heavy atom. The number of fused-ring (bicyclic) bond motifs is 1. The second-order valence-corrected chi connectivity index (χ2v) is 5.29. The number of benzene rings is 2. The summed E-state index contributed by atoms with van der Waals surface area (Å²) in [6.07, 6.45) is 1.01. The van der Waals surface area contributed by atoms with Gasteiger partial charge in [-0.05, 0) is 36.7 Å². The summed E-state index contributed by atoms with van der Waals surface area (Å²) in [7, 11) is 4.11. The first-order valence-electron chi connectivity index (χ1n) is 7.01. The van der Waals surface area contributed by atoms with Crippen molar-refractivity contribution in [3.63, 3.8) is 0 Å². The lowest BCUT2D eigenvalue weighted by Gasteiger charge is -2.25. The second-order valence-electron chi connectivity index (χ2n) is 5.29. The monoisotopic (exact) mass is 268 g/mol. The Balaban J connectivity index is 2.06. The molecule has 0 unspecified atom stereocenters. The van der Waals surface area contributed by atoms with Crippen molar-refractivity contribution in [3.05, 3.63) is 53.6 Å². The Morgan fingerprint density at radius 2 is 1.85 bits per heavy atom. The molecule has 1 aliphatic heterocycles. The molecule has 3 nitrogen and oxygen atoms in total. The highest BCUT2D eigenvalue weighted by molar-refractivity contribution is 5.65. The quantitative estimate of drug-likeness (QED) is 0.925. The largest absolute Gasteiger partial charge is 0.455 e. The molecule has 1 N–H and O–H groups in total. The van der Waals surface area contributed by atoms with E-state index in [1.54, 1.807) is 0 Å². The minimum absolute atomic E-state index is 0.891. The van der Waals surface area contributed by atoms with Gasteiger partial charge in [0, 0.05) is 26.2 Å². The van der Waals surface area contributed by atoms with Crippen molar-refractivity contribution in [1.82, 2.24) is 5.32 Å². The Bertz CT molecular complexity index is 593. The molecule has 104 valence electrons. The maximum absolute atomic E-state index is 6.20. The Morgan fingerprint density at radius 1 is 1.05 bits per heavy atom. The smallest absolute Gasteiger partial charge is 0.154 e. The third-order valence-corrected chi connectivity index (χ3v) is 3.65. The van der Waals surface area contributed by atoms with E-state index < -0.39 is 0 Å². The first kappa shape index (κ1) is 13.0. The van der Waals surface area contributed by atoms with Crippen LogP contribution in [0, 0.1) is 0 Å². The van der Waals surface area contributed by atoms with Gasteiger partial charge >= 0.3 is 0 Å². The molecule has 0 aliphatic carbocycles. The van der Waals surface area contributed by atoms with Crippen molar-refractivity contribution >= 4 is 5.69 Å². The molecule has 2 aromatic rings. The minimum Gasteiger partial charge on any atom is -0.455 e. The van der Waals surface area contributed by atoms with E-state index in [-0.39, 0.29) is 0 Å². The molecule has 0 atom stereocenters. The van der Waals surface area contributed by atoms with Gasteiger partial charge in [0.1, 0.15) is 5.75 Å². The highest BCUT2D eigenvalue weighted by Crippen LogP contribution is 2.38. The summed E-state index contributed by atoms with van der Waals surface area (Å²) in [5.41, 5.74) is 3.81. The van der Waals surface area contributed by atoms with Crippen molar-refractivity contribution in [1.29, 1.82) is 0 Å². The van der Waals surface area contributed by atoms with Crippen LogP contribution in [0.1, 0.15) is 11.1 Å². The van der Waals surface area contributed by atoms with Crippen LogP contribution in [-0.4, -0.2) is 20.6 Å². The zero-order valence-corrected chi connectivity index (χ0v) is 12.0. The van der Waals surface area contributed by atoms with E-state index in [0.29, 0.717) is 0 Å². The summed E-state index contributed by atoms with van der Waals surface area (Å²) in [5, 5.41) is 3.41. The van der Waals surface area contributed by atoms with E-state index in [2.05, 4.69) is 36.4 Å². The van der Waals surface area contributed by atoms with Crippen LogP contribution < -0.4 is 15.0 Å². The van der Waals surface area contributed by atoms with Crippen molar-refractivity contribution in [2.75, 3.05) is 25.5 Å². The highest BCUT2D eigenvalue weighted by Gasteiger charge is 2.19. The predicted octanol–water partition coefficient (Wildman–Crippen LogP) is 3.19. The number of anilines is 1.